The van der Waals surface area contributed by atoms with E-state index in [4.69, 9.17) is 4.74 Å². The Labute approximate surface area is 119 Å². The largest absolute Gasteiger partial charge is 0.388 e. The van der Waals surface area contributed by atoms with Gasteiger partial charge in [-0.15, -0.1) is 0 Å². The minimum absolute atomic E-state index is 0.292. The number of urea groups is 1. The van der Waals surface area contributed by atoms with Crippen molar-refractivity contribution >= 4 is 11.7 Å². The first-order valence-corrected chi connectivity index (χ1v) is 6.96. The maximum absolute atomic E-state index is 11.8. The van der Waals surface area contributed by atoms with E-state index in [-0.39, 0.29) is 6.03 Å². The van der Waals surface area contributed by atoms with E-state index in [1.165, 1.54) is 0 Å². The first-order valence-electron chi connectivity index (χ1n) is 6.96. The summed E-state index contributed by atoms with van der Waals surface area (Å²) in [6.07, 6.45) is 3.57. The summed E-state index contributed by atoms with van der Waals surface area (Å²) in [5, 5.41) is 15.7. The summed E-state index contributed by atoms with van der Waals surface area (Å²) >= 11 is 0. The molecule has 1 aliphatic carbocycles. The van der Waals surface area contributed by atoms with Gasteiger partial charge in [0.15, 0.2) is 0 Å². The van der Waals surface area contributed by atoms with Gasteiger partial charge in [-0.3, -0.25) is 0 Å². The summed E-state index contributed by atoms with van der Waals surface area (Å²) in [6.45, 7) is 0.813. The Hall–Kier alpha value is -1.59. The molecule has 110 valence electrons. The van der Waals surface area contributed by atoms with Crippen LogP contribution < -0.4 is 10.6 Å². The maximum Gasteiger partial charge on any atom is 0.319 e. The van der Waals surface area contributed by atoms with Crippen molar-refractivity contribution in [3.8, 4) is 0 Å². The molecule has 0 heterocycles. The number of anilines is 1. The zero-order valence-electron chi connectivity index (χ0n) is 11.8. The summed E-state index contributed by atoms with van der Waals surface area (Å²) in [5.41, 5.74) is 0.991. The lowest BCUT2D eigenvalue weighted by atomic mass is 10.0. The minimum Gasteiger partial charge on any atom is -0.388 e. The molecule has 0 aliphatic heterocycles. The molecule has 0 bridgehead atoms. The molecule has 0 radical (unpaired) electrons. The van der Waals surface area contributed by atoms with E-state index in [0.717, 1.165) is 36.9 Å². The topological polar surface area (TPSA) is 70.6 Å². The molecule has 5 heteroatoms. The number of amides is 2. The van der Waals surface area contributed by atoms with Gasteiger partial charge in [-0.2, -0.15) is 0 Å². The molecular weight excluding hydrogens is 256 g/mol. The van der Waals surface area contributed by atoms with Crippen molar-refractivity contribution in [2.24, 2.45) is 0 Å². The van der Waals surface area contributed by atoms with E-state index >= 15 is 0 Å². The van der Waals surface area contributed by atoms with E-state index < -0.39 is 5.60 Å². The highest BCUT2D eigenvalue weighted by Gasteiger charge is 2.31. The quantitative estimate of drug-likeness (QED) is 0.773. The van der Waals surface area contributed by atoms with Crippen molar-refractivity contribution in [1.82, 2.24) is 5.32 Å². The Morgan fingerprint density at radius 1 is 1.40 bits per heavy atom. The zero-order chi connectivity index (χ0) is 14.4. The van der Waals surface area contributed by atoms with Crippen molar-refractivity contribution in [2.75, 3.05) is 19.0 Å². The van der Waals surface area contributed by atoms with Crippen LogP contribution in [0.1, 0.15) is 31.2 Å². The van der Waals surface area contributed by atoms with Crippen molar-refractivity contribution in [1.29, 1.82) is 0 Å². The molecule has 2 amide bonds. The van der Waals surface area contributed by atoms with Gasteiger partial charge in [0.25, 0.3) is 0 Å². The highest BCUT2D eigenvalue weighted by Crippen LogP contribution is 2.28. The lowest BCUT2D eigenvalue weighted by Gasteiger charge is -2.22. The minimum atomic E-state index is -0.727. The number of aliphatic hydroxyl groups is 1. The normalized spacial score (nSPS) is 16.9. The van der Waals surface area contributed by atoms with E-state index in [1.54, 1.807) is 7.11 Å². The number of nitrogens with one attached hydrogen (secondary N) is 2. The number of ether oxygens (including phenoxy) is 1. The van der Waals surface area contributed by atoms with Gasteiger partial charge in [0.1, 0.15) is 0 Å². The Morgan fingerprint density at radius 3 is 2.85 bits per heavy atom. The summed E-state index contributed by atoms with van der Waals surface area (Å²) in [6, 6.07) is 7.21. The van der Waals surface area contributed by atoms with Gasteiger partial charge < -0.3 is 20.5 Å². The third-order valence-electron chi connectivity index (χ3n) is 3.61. The molecule has 1 aromatic carbocycles. The van der Waals surface area contributed by atoms with Gasteiger partial charge in [-0.25, -0.2) is 4.79 Å². The van der Waals surface area contributed by atoms with Gasteiger partial charge >= 0.3 is 6.03 Å². The van der Waals surface area contributed by atoms with Crippen LogP contribution in [0.2, 0.25) is 0 Å². The Bertz CT molecular complexity index is 456. The molecule has 3 N–H and O–H groups in total. The first-order chi connectivity index (χ1) is 9.61. The lowest BCUT2D eigenvalue weighted by Crippen LogP contribution is -2.42. The van der Waals surface area contributed by atoms with Crippen LogP contribution in [0.15, 0.2) is 24.3 Å². The number of carbonyl (C=O) groups is 1. The van der Waals surface area contributed by atoms with Gasteiger partial charge in [0.2, 0.25) is 0 Å². The van der Waals surface area contributed by atoms with Gasteiger partial charge in [0, 0.05) is 19.3 Å². The molecule has 5 nitrogen and oxygen atoms in total. The third kappa shape index (κ3) is 4.21. The lowest BCUT2D eigenvalue weighted by molar-refractivity contribution is 0.0506. The summed E-state index contributed by atoms with van der Waals surface area (Å²) in [7, 11) is 1.63. The molecule has 1 aromatic rings. The second kappa shape index (κ2) is 6.72. The fourth-order valence-corrected chi connectivity index (χ4v) is 2.54. The third-order valence-corrected chi connectivity index (χ3v) is 3.61. The second-order valence-corrected chi connectivity index (χ2v) is 5.37. The molecular formula is C15H22N2O3. The summed E-state index contributed by atoms with van der Waals surface area (Å²) in [4.78, 5) is 11.8. The Kier molecular flexibility index (Phi) is 4.98. The average molecular weight is 278 g/mol. The predicted molar refractivity (Wildman–Crippen MR) is 77.6 cm³/mol. The van der Waals surface area contributed by atoms with Crippen LogP contribution in [0.5, 0.6) is 0 Å². The standard InChI is InChI=1S/C15H22N2O3/c1-20-10-12-5-4-6-13(9-12)17-14(18)16-11-15(19)7-2-3-8-15/h4-6,9,19H,2-3,7-8,10-11H2,1H3,(H2,16,17,18). The Morgan fingerprint density at radius 2 is 2.15 bits per heavy atom. The fraction of sp³-hybridized carbons (Fsp3) is 0.533. The molecule has 1 aliphatic rings. The van der Waals surface area contributed by atoms with E-state index in [2.05, 4.69) is 10.6 Å². The van der Waals surface area contributed by atoms with Gasteiger partial charge in [0.05, 0.1) is 12.2 Å². The Balaban J connectivity index is 1.83. The predicted octanol–water partition coefficient (Wildman–Crippen LogP) is 2.26. The van der Waals surface area contributed by atoms with Crippen LogP contribution in [0.25, 0.3) is 0 Å². The molecule has 0 aromatic heterocycles. The van der Waals surface area contributed by atoms with Crippen LogP contribution in [0.4, 0.5) is 10.5 Å². The van der Waals surface area contributed by atoms with Crippen LogP contribution in [0, 0.1) is 0 Å². The van der Waals surface area contributed by atoms with Crippen LogP contribution in [-0.4, -0.2) is 30.4 Å². The van der Waals surface area contributed by atoms with Crippen LogP contribution in [-0.2, 0) is 11.3 Å². The highest BCUT2D eigenvalue weighted by atomic mass is 16.5. The monoisotopic (exact) mass is 278 g/mol. The van der Waals surface area contributed by atoms with E-state index in [0.29, 0.717) is 13.2 Å². The number of hydrogen-bond donors (Lipinski definition) is 3. The van der Waals surface area contributed by atoms with Crippen LogP contribution in [0.3, 0.4) is 0 Å². The van der Waals surface area contributed by atoms with Gasteiger partial charge in [-0.05, 0) is 30.5 Å². The summed E-state index contributed by atoms with van der Waals surface area (Å²) < 4.78 is 5.05. The molecule has 0 atom stereocenters. The first kappa shape index (κ1) is 14.8. The van der Waals surface area contributed by atoms with Crippen molar-refractivity contribution in [2.45, 2.75) is 37.9 Å². The fourth-order valence-electron chi connectivity index (χ4n) is 2.54. The number of rotatable bonds is 5. The molecule has 20 heavy (non-hydrogen) atoms. The highest BCUT2D eigenvalue weighted by molar-refractivity contribution is 5.89. The second-order valence-electron chi connectivity index (χ2n) is 5.37. The molecule has 1 saturated carbocycles. The number of hydrogen-bond acceptors (Lipinski definition) is 3. The number of carbonyl (C=O) groups excluding carboxylic acids is 1. The summed E-state index contributed by atoms with van der Waals surface area (Å²) in [5.74, 6) is 0. The molecule has 0 saturated heterocycles. The van der Waals surface area contributed by atoms with E-state index in [1.807, 2.05) is 24.3 Å². The average Bonchev–Trinajstić information content (AvgIpc) is 2.85. The smallest absolute Gasteiger partial charge is 0.319 e. The van der Waals surface area contributed by atoms with Crippen molar-refractivity contribution < 1.29 is 14.6 Å². The molecule has 2 rings (SSSR count). The van der Waals surface area contributed by atoms with Crippen molar-refractivity contribution in [3.63, 3.8) is 0 Å². The van der Waals surface area contributed by atoms with Crippen LogP contribution >= 0.6 is 0 Å². The SMILES string of the molecule is COCc1cccc(NC(=O)NCC2(O)CCCC2)c1. The molecule has 0 unspecified atom stereocenters. The molecule has 1 fully saturated rings. The molecule has 0 spiro atoms. The number of methoxy groups -OCH3 is 1. The van der Waals surface area contributed by atoms with Crippen molar-refractivity contribution in [3.05, 3.63) is 29.8 Å². The zero-order valence-corrected chi connectivity index (χ0v) is 11.8. The van der Waals surface area contributed by atoms with Gasteiger partial charge in [-0.1, -0.05) is 25.0 Å². The number of benzene rings is 1. The van der Waals surface area contributed by atoms with E-state index in [9.17, 15) is 9.90 Å². The maximum atomic E-state index is 11.8.